The molecule has 0 saturated heterocycles. The number of unbranched alkanes of at least 4 members (excludes halogenated alkanes) is 1. The van der Waals surface area contributed by atoms with Crippen LogP contribution in [-0.2, 0) is 4.79 Å². The molecule has 0 heterocycles. The van der Waals surface area contributed by atoms with Crippen LogP contribution in [-0.4, -0.2) is 36.6 Å². The average Bonchev–Trinajstić information content (AvgIpc) is 2.54. The fourth-order valence-electron chi connectivity index (χ4n) is 2.29. The molecule has 0 fully saturated rings. The molecule has 0 aromatic heterocycles. The number of carbonyl (C=O) groups is 2. The van der Waals surface area contributed by atoms with Crippen LogP contribution in [0.25, 0.3) is 0 Å². The van der Waals surface area contributed by atoms with Gasteiger partial charge in [0.1, 0.15) is 0 Å². The number of hydrogen-bond donors (Lipinski definition) is 3. The highest BCUT2D eigenvalue weighted by Gasteiger charge is 2.08. The molecule has 1 rings (SSSR count). The highest BCUT2D eigenvalue weighted by molar-refractivity contribution is 5.94. The summed E-state index contributed by atoms with van der Waals surface area (Å²) < 4.78 is 0. The van der Waals surface area contributed by atoms with Crippen LogP contribution in [0.5, 0.6) is 0 Å². The normalized spacial score (nSPS) is 11.3. The molecule has 1 aromatic rings. The largest absolute Gasteiger partial charge is 0.392 e. The van der Waals surface area contributed by atoms with Crippen molar-refractivity contribution in [2.24, 2.45) is 0 Å². The van der Waals surface area contributed by atoms with Crippen LogP contribution in [0.15, 0.2) is 23.8 Å². The molecule has 0 aliphatic rings. The van der Waals surface area contributed by atoms with Crippen LogP contribution < -0.4 is 10.6 Å². The van der Waals surface area contributed by atoms with E-state index in [2.05, 4.69) is 17.6 Å². The first kappa shape index (κ1) is 19.9. The Morgan fingerprint density at radius 1 is 1.04 bits per heavy atom. The summed E-state index contributed by atoms with van der Waals surface area (Å²) in [5, 5.41) is 14.4. The van der Waals surface area contributed by atoms with E-state index in [1.54, 1.807) is 6.92 Å². The zero-order chi connectivity index (χ0) is 18.1. The molecule has 2 amide bonds. The number of aryl methyl sites for hydroxylation is 2. The number of benzene rings is 1. The molecule has 0 saturated carbocycles. The van der Waals surface area contributed by atoms with Crippen molar-refractivity contribution >= 4 is 11.8 Å². The second-order valence-corrected chi connectivity index (χ2v) is 6.02. The van der Waals surface area contributed by atoms with E-state index in [1.165, 1.54) is 11.6 Å². The van der Waals surface area contributed by atoms with Gasteiger partial charge in [-0.25, -0.2) is 0 Å². The van der Waals surface area contributed by atoms with E-state index >= 15 is 0 Å². The maximum Gasteiger partial charge on any atom is 0.251 e. The summed E-state index contributed by atoms with van der Waals surface area (Å²) in [5.74, 6) is -0.231. The van der Waals surface area contributed by atoms with Crippen molar-refractivity contribution in [2.75, 3.05) is 19.7 Å². The molecule has 5 heteroatoms. The van der Waals surface area contributed by atoms with Gasteiger partial charge in [-0.05, 0) is 69.4 Å². The zero-order valence-corrected chi connectivity index (χ0v) is 15.0. The Kier molecular flexibility index (Phi) is 8.19. The molecule has 0 unspecified atom stereocenters. The number of hydrogen-bond acceptors (Lipinski definition) is 3. The maximum absolute atomic E-state index is 12.2. The lowest BCUT2D eigenvalue weighted by molar-refractivity contribution is -0.117. The minimum atomic E-state index is -0.168. The molecule has 1 aromatic carbocycles. The SMILES string of the molecule is C/C(=C\CO)C(=O)NCCCCNC(=O)c1cc(C)c(C)c(C)c1. The van der Waals surface area contributed by atoms with Gasteiger partial charge in [-0.2, -0.15) is 0 Å². The van der Waals surface area contributed by atoms with Crippen molar-refractivity contribution in [3.8, 4) is 0 Å². The predicted octanol–water partition coefficient (Wildman–Crippen LogP) is 2.18. The van der Waals surface area contributed by atoms with Crippen LogP contribution in [0, 0.1) is 20.8 Å². The van der Waals surface area contributed by atoms with Crippen molar-refractivity contribution in [2.45, 2.75) is 40.5 Å². The number of nitrogens with one attached hydrogen (secondary N) is 2. The van der Waals surface area contributed by atoms with Gasteiger partial charge in [0.2, 0.25) is 5.91 Å². The van der Waals surface area contributed by atoms with Crippen LogP contribution in [0.4, 0.5) is 0 Å². The lowest BCUT2D eigenvalue weighted by Crippen LogP contribution is -2.27. The van der Waals surface area contributed by atoms with E-state index in [4.69, 9.17) is 5.11 Å². The first-order valence-corrected chi connectivity index (χ1v) is 8.28. The van der Waals surface area contributed by atoms with E-state index in [0.29, 0.717) is 24.2 Å². The minimum absolute atomic E-state index is 0.0630. The van der Waals surface area contributed by atoms with Crippen LogP contribution in [0.1, 0.15) is 46.8 Å². The zero-order valence-electron chi connectivity index (χ0n) is 15.0. The van der Waals surface area contributed by atoms with Crippen molar-refractivity contribution in [3.05, 3.63) is 46.0 Å². The molecule has 0 bridgehead atoms. The Morgan fingerprint density at radius 2 is 1.58 bits per heavy atom. The molecule has 0 radical (unpaired) electrons. The van der Waals surface area contributed by atoms with E-state index in [-0.39, 0.29) is 18.4 Å². The second kappa shape index (κ2) is 9.88. The molecule has 0 aliphatic carbocycles. The summed E-state index contributed by atoms with van der Waals surface area (Å²) >= 11 is 0. The third-order valence-electron chi connectivity index (χ3n) is 4.12. The molecular formula is C19H28N2O3. The molecule has 0 aliphatic heterocycles. The number of carbonyl (C=O) groups excluding carboxylic acids is 2. The first-order valence-electron chi connectivity index (χ1n) is 8.28. The highest BCUT2D eigenvalue weighted by atomic mass is 16.2. The van der Waals surface area contributed by atoms with E-state index in [1.807, 2.05) is 26.0 Å². The lowest BCUT2D eigenvalue weighted by atomic mass is 10.0. The summed E-state index contributed by atoms with van der Waals surface area (Å²) in [4.78, 5) is 23.7. The van der Waals surface area contributed by atoms with Gasteiger partial charge in [0, 0.05) is 24.2 Å². The standard InChI is InChI=1S/C19H28N2O3/c1-13(7-10-22)18(23)20-8-5-6-9-21-19(24)17-11-14(2)16(4)15(3)12-17/h7,11-12,22H,5-6,8-10H2,1-4H3,(H,20,23)(H,21,24)/b13-7+. The van der Waals surface area contributed by atoms with Crippen molar-refractivity contribution in [3.63, 3.8) is 0 Å². The maximum atomic E-state index is 12.2. The van der Waals surface area contributed by atoms with Gasteiger partial charge in [-0.15, -0.1) is 0 Å². The topological polar surface area (TPSA) is 78.4 Å². The quantitative estimate of drug-likeness (QED) is 0.504. The number of amides is 2. The molecular weight excluding hydrogens is 304 g/mol. The highest BCUT2D eigenvalue weighted by Crippen LogP contribution is 2.15. The molecule has 0 spiro atoms. The lowest BCUT2D eigenvalue weighted by Gasteiger charge is -2.10. The van der Waals surface area contributed by atoms with Gasteiger partial charge in [0.25, 0.3) is 5.91 Å². The average molecular weight is 332 g/mol. The summed E-state index contributed by atoms with van der Waals surface area (Å²) in [6.45, 7) is 8.73. The van der Waals surface area contributed by atoms with Gasteiger partial charge < -0.3 is 15.7 Å². The van der Waals surface area contributed by atoms with E-state index in [9.17, 15) is 9.59 Å². The molecule has 3 N–H and O–H groups in total. The number of rotatable bonds is 8. The predicted molar refractivity (Wildman–Crippen MR) is 96.1 cm³/mol. The first-order chi connectivity index (χ1) is 11.4. The monoisotopic (exact) mass is 332 g/mol. The third kappa shape index (κ3) is 6.16. The van der Waals surface area contributed by atoms with Crippen molar-refractivity contribution in [1.29, 1.82) is 0 Å². The van der Waals surface area contributed by atoms with E-state index in [0.717, 1.165) is 24.0 Å². The summed E-state index contributed by atoms with van der Waals surface area (Å²) in [6, 6.07) is 3.82. The van der Waals surface area contributed by atoms with Crippen LogP contribution >= 0.6 is 0 Å². The third-order valence-corrected chi connectivity index (χ3v) is 4.12. The Morgan fingerprint density at radius 3 is 2.12 bits per heavy atom. The number of aliphatic hydroxyl groups excluding tert-OH is 1. The fourth-order valence-corrected chi connectivity index (χ4v) is 2.29. The van der Waals surface area contributed by atoms with Gasteiger partial charge in [-0.1, -0.05) is 6.08 Å². The van der Waals surface area contributed by atoms with Crippen LogP contribution in [0.2, 0.25) is 0 Å². The smallest absolute Gasteiger partial charge is 0.251 e. The van der Waals surface area contributed by atoms with E-state index < -0.39 is 0 Å². The summed E-state index contributed by atoms with van der Waals surface area (Å²) in [7, 11) is 0. The van der Waals surface area contributed by atoms with Crippen LogP contribution in [0.3, 0.4) is 0 Å². The van der Waals surface area contributed by atoms with Gasteiger partial charge in [0.15, 0.2) is 0 Å². The Labute approximate surface area is 144 Å². The molecule has 24 heavy (non-hydrogen) atoms. The number of aliphatic hydroxyl groups is 1. The Bertz CT molecular complexity index is 598. The van der Waals surface area contributed by atoms with Crippen molar-refractivity contribution < 1.29 is 14.7 Å². The van der Waals surface area contributed by atoms with Gasteiger partial charge >= 0.3 is 0 Å². The molecule has 0 atom stereocenters. The molecule has 5 nitrogen and oxygen atoms in total. The summed E-state index contributed by atoms with van der Waals surface area (Å²) in [6.07, 6.45) is 3.05. The Balaban J connectivity index is 2.30. The van der Waals surface area contributed by atoms with Gasteiger partial charge in [-0.3, -0.25) is 9.59 Å². The minimum Gasteiger partial charge on any atom is -0.392 e. The molecule has 132 valence electrons. The van der Waals surface area contributed by atoms with Gasteiger partial charge in [0.05, 0.1) is 6.61 Å². The fraction of sp³-hybridized carbons (Fsp3) is 0.474. The van der Waals surface area contributed by atoms with Crippen molar-refractivity contribution in [1.82, 2.24) is 10.6 Å². The summed E-state index contributed by atoms with van der Waals surface area (Å²) in [5.41, 5.74) is 4.65. The Hall–Kier alpha value is -2.14. The second-order valence-electron chi connectivity index (χ2n) is 6.02.